The van der Waals surface area contributed by atoms with Gasteiger partial charge in [0, 0.05) is 62.4 Å². The molecule has 3 aromatic rings. The molecule has 3 aromatic carbocycles. The van der Waals surface area contributed by atoms with Crippen LogP contribution in [0.25, 0.3) is 0 Å². The predicted octanol–water partition coefficient (Wildman–Crippen LogP) is 6.32. The Bertz CT molecular complexity index is 1190. The minimum atomic E-state index is -0.0600. The molecule has 1 N–H and O–H groups in total. The number of rotatable bonds is 6. The van der Waals surface area contributed by atoms with E-state index in [-0.39, 0.29) is 23.9 Å². The Balaban J connectivity index is 1.19. The van der Waals surface area contributed by atoms with E-state index < -0.39 is 0 Å². The molecule has 0 amide bonds. The van der Waals surface area contributed by atoms with E-state index in [1.54, 1.807) is 26.4 Å². The normalized spacial score (nSPS) is 22.9. The number of anilines is 1. The van der Waals surface area contributed by atoms with Crippen molar-refractivity contribution in [1.82, 2.24) is 0 Å². The summed E-state index contributed by atoms with van der Waals surface area (Å²) in [5.41, 5.74) is 5.47. The second-order valence-electron chi connectivity index (χ2n) is 11.1. The lowest BCUT2D eigenvalue weighted by Crippen LogP contribution is -2.50. The monoisotopic (exact) mass is 499 g/mol. The highest BCUT2D eigenvalue weighted by atomic mass is 16.7. The van der Waals surface area contributed by atoms with Crippen LogP contribution in [-0.2, 0) is 9.47 Å². The van der Waals surface area contributed by atoms with Crippen LogP contribution in [0.1, 0.15) is 54.2 Å². The summed E-state index contributed by atoms with van der Waals surface area (Å²) in [7, 11) is 3.49. The van der Waals surface area contributed by atoms with Gasteiger partial charge in [0.2, 0.25) is 0 Å². The van der Waals surface area contributed by atoms with Gasteiger partial charge in [-0.05, 0) is 60.4 Å². The first-order chi connectivity index (χ1) is 18.1. The summed E-state index contributed by atoms with van der Waals surface area (Å²) in [6, 6.07) is 25.3. The number of aromatic hydroxyl groups is 1. The van der Waals surface area contributed by atoms with Gasteiger partial charge in [0.1, 0.15) is 11.5 Å². The van der Waals surface area contributed by atoms with Crippen LogP contribution in [0.3, 0.4) is 0 Å². The van der Waals surface area contributed by atoms with Crippen LogP contribution in [-0.4, -0.2) is 45.3 Å². The summed E-state index contributed by atoms with van der Waals surface area (Å²) < 4.78 is 17.1. The van der Waals surface area contributed by atoms with Gasteiger partial charge >= 0.3 is 0 Å². The number of hydrogen-bond donors (Lipinski definition) is 1. The van der Waals surface area contributed by atoms with Gasteiger partial charge < -0.3 is 24.2 Å². The second-order valence-corrected chi connectivity index (χ2v) is 11.1. The number of phenols is 1. The maximum atomic E-state index is 10.0. The quantitative estimate of drug-likeness (QED) is 0.403. The number of nitrogens with zero attached hydrogens (tertiary/aromatic N) is 1. The number of benzene rings is 3. The minimum Gasteiger partial charge on any atom is -0.508 e. The second kappa shape index (κ2) is 10.0. The standard InChI is InChI=1S/C32H37NO4/c1-35-31(36-2)24-19-32(20-24)14-16-33(17-15-32)25-10-8-23(9-11-25)30-27-13-12-26(34)18-29(27)37-21-28(30)22-6-4-3-5-7-22/h3-13,18,24,28,30-31,34H,14-17,19-21H2,1-2H3. The molecule has 2 heterocycles. The molecule has 2 fully saturated rings. The summed E-state index contributed by atoms with van der Waals surface area (Å²) in [5, 5.41) is 10.0. The fourth-order valence-corrected chi connectivity index (χ4v) is 7.06. The van der Waals surface area contributed by atoms with E-state index in [2.05, 4.69) is 59.5 Å². The number of piperidine rings is 1. The minimum absolute atomic E-state index is 0.0600. The van der Waals surface area contributed by atoms with Gasteiger partial charge in [0.15, 0.2) is 6.29 Å². The van der Waals surface area contributed by atoms with Crippen LogP contribution in [0, 0.1) is 11.3 Å². The zero-order valence-electron chi connectivity index (χ0n) is 21.8. The third-order valence-electron chi connectivity index (χ3n) is 9.06. The van der Waals surface area contributed by atoms with Gasteiger partial charge in [-0.3, -0.25) is 0 Å². The van der Waals surface area contributed by atoms with Crippen molar-refractivity contribution in [1.29, 1.82) is 0 Å². The zero-order chi connectivity index (χ0) is 25.4. The van der Waals surface area contributed by atoms with Crippen molar-refractivity contribution in [2.45, 2.75) is 43.8 Å². The number of fused-ring (bicyclic) bond motifs is 1. The first-order valence-corrected chi connectivity index (χ1v) is 13.5. The average molecular weight is 500 g/mol. The van der Waals surface area contributed by atoms with Crippen molar-refractivity contribution in [2.24, 2.45) is 11.3 Å². The van der Waals surface area contributed by atoms with Crippen molar-refractivity contribution in [3.8, 4) is 11.5 Å². The molecule has 1 aliphatic carbocycles. The third-order valence-corrected chi connectivity index (χ3v) is 9.06. The highest BCUT2D eigenvalue weighted by Gasteiger charge is 2.48. The first kappa shape index (κ1) is 24.3. The Labute approximate surface area is 220 Å². The van der Waals surface area contributed by atoms with Gasteiger partial charge in [-0.2, -0.15) is 0 Å². The Hall–Kier alpha value is -3.02. The molecule has 3 aliphatic rings. The molecule has 5 heteroatoms. The molecule has 5 nitrogen and oxygen atoms in total. The molecule has 2 aliphatic heterocycles. The van der Waals surface area contributed by atoms with Gasteiger partial charge in [0.05, 0.1) is 6.61 Å². The van der Waals surface area contributed by atoms with E-state index in [0.29, 0.717) is 17.9 Å². The number of ether oxygens (including phenoxy) is 3. The van der Waals surface area contributed by atoms with Crippen LogP contribution >= 0.6 is 0 Å². The summed E-state index contributed by atoms with van der Waals surface area (Å²) in [6.07, 6.45) is 4.84. The summed E-state index contributed by atoms with van der Waals surface area (Å²) in [4.78, 5) is 2.54. The first-order valence-electron chi connectivity index (χ1n) is 13.5. The van der Waals surface area contributed by atoms with E-state index in [4.69, 9.17) is 14.2 Å². The molecule has 6 rings (SSSR count). The average Bonchev–Trinajstić information content (AvgIpc) is 2.93. The SMILES string of the molecule is COC(OC)C1CC2(CCN(c3ccc(C4c5ccc(O)cc5OCC4c4ccccc4)cc3)CC2)C1. The topological polar surface area (TPSA) is 51.2 Å². The fourth-order valence-electron chi connectivity index (χ4n) is 7.06. The molecule has 0 bridgehead atoms. The molecule has 2 unspecified atom stereocenters. The van der Waals surface area contributed by atoms with E-state index in [1.165, 1.54) is 42.5 Å². The van der Waals surface area contributed by atoms with Crippen LogP contribution in [0.4, 0.5) is 5.69 Å². The van der Waals surface area contributed by atoms with Gasteiger partial charge in [-0.1, -0.05) is 48.5 Å². The molecule has 1 saturated heterocycles. The molecule has 1 saturated carbocycles. The van der Waals surface area contributed by atoms with Crippen LogP contribution < -0.4 is 9.64 Å². The fraction of sp³-hybridized carbons (Fsp3) is 0.438. The van der Waals surface area contributed by atoms with Crippen molar-refractivity contribution in [3.05, 3.63) is 89.5 Å². The maximum absolute atomic E-state index is 10.0. The Morgan fingerprint density at radius 3 is 2.27 bits per heavy atom. The van der Waals surface area contributed by atoms with E-state index in [1.807, 2.05) is 6.07 Å². The lowest BCUT2D eigenvalue weighted by molar-refractivity contribution is -0.184. The Kier molecular flexibility index (Phi) is 6.60. The van der Waals surface area contributed by atoms with Crippen molar-refractivity contribution in [2.75, 3.05) is 38.8 Å². The molecular formula is C32H37NO4. The Morgan fingerprint density at radius 1 is 0.892 bits per heavy atom. The zero-order valence-corrected chi connectivity index (χ0v) is 21.8. The highest BCUT2D eigenvalue weighted by Crippen LogP contribution is 2.54. The van der Waals surface area contributed by atoms with E-state index in [0.717, 1.165) is 24.4 Å². The lowest BCUT2D eigenvalue weighted by atomic mass is 9.57. The molecule has 0 aromatic heterocycles. The van der Waals surface area contributed by atoms with Crippen LogP contribution in [0.5, 0.6) is 11.5 Å². The predicted molar refractivity (Wildman–Crippen MR) is 145 cm³/mol. The van der Waals surface area contributed by atoms with Gasteiger partial charge in [0.25, 0.3) is 0 Å². The van der Waals surface area contributed by atoms with Crippen molar-refractivity contribution < 1.29 is 19.3 Å². The van der Waals surface area contributed by atoms with Crippen LogP contribution in [0.15, 0.2) is 72.8 Å². The highest BCUT2D eigenvalue weighted by molar-refractivity contribution is 5.54. The molecule has 1 spiro atoms. The number of phenolic OH excluding ortho intramolecular Hbond substituents is 1. The molecule has 2 atom stereocenters. The van der Waals surface area contributed by atoms with Gasteiger partial charge in [-0.15, -0.1) is 0 Å². The van der Waals surface area contributed by atoms with Crippen molar-refractivity contribution >= 4 is 5.69 Å². The molecule has 0 radical (unpaired) electrons. The third kappa shape index (κ3) is 4.60. The molecule has 194 valence electrons. The molecule has 37 heavy (non-hydrogen) atoms. The van der Waals surface area contributed by atoms with E-state index >= 15 is 0 Å². The number of hydrogen-bond acceptors (Lipinski definition) is 5. The smallest absolute Gasteiger partial charge is 0.159 e. The summed E-state index contributed by atoms with van der Waals surface area (Å²) in [6.45, 7) is 2.79. The van der Waals surface area contributed by atoms with Crippen molar-refractivity contribution in [3.63, 3.8) is 0 Å². The number of methoxy groups -OCH3 is 2. The largest absolute Gasteiger partial charge is 0.508 e. The van der Waals surface area contributed by atoms with Crippen LogP contribution in [0.2, 0.25) is 0 Å². The van der Waals surface area contributed by atoms with Gasteiger partial charge in [-0.25, -0.2) is 0 Å². The Morgan fingerprint density at radius 2 is 1.59 bits per heavy atom. The maximum Gasteiger partial charge on any atom is 0.159 e. The molecular weight excluding hydrogens is 462 g/mol. The summed E-state index contributed by atoms with van der Waals surface area (Å²) >= 11 is 0. The lowest BCUT2D eigenvalue weighted by Gasteiger charge is -2.54. The summed E-state index contributed by atoms with van der Waals surface area (Å²) in [5.74, 6) is 1.94. The van der Waals surface area contributed by atoms with E-state index in [9.17, 15) is 5.11 Å².